The van der Waals surface area contributed by atoms with Gasteiger partial charge in [-0.05, 0) is 46.6 Å². The van der Waals surface area contributed by atoms with E-state index in [-0.39, 0.29) is 5.82 Å². The number of furan rings is 1. The van der Waals surface area contributed by atoms with Crippen LogP contribution >= 0.6 is 15.9 Å². The van der Waals surface area contributed by atoms with E-state index in [1.807, 2.05) is 6.92 Å². The number of halogens is 2. The van der Waals surface area contributed by atoms with Crippen LogP contribution in [0.15, 0.2) is 33.4 Å². The van der Waals surface area contributed by atoms with Crippen molar-refractivity contribution in [1.29, 1.82) is 0 Å². The molecule has 0 aliphatic carbocycles. The number of hydrogen-bond acceptors (Lipinski definition) is 4. The molecule has 0 bridgehead atoms. The third-order valence-corrected chi connectivity index (χ3v) is 3.40. The second-order valence-corrected chi connectivity index (χ2v) is 5.08. The Bertz CT molecular complexity index is 639. The highest BCUT2D eigenvalue weighted by Gasteiger charge is 2.11. The Morgan fingerprint density at radius 2 is 2.20 bits per heavy atom. The van der Waals surface area contributed by atoms with Crippen molar-refractivity contribution >= 4 is 27.6 Å². The van der Waals surface area contributed by atoms with Gasteiger partial charge in [-0.2, -0.15) is 0 Å². The Kier molecular flexibility index (Phi) is 4.44. The molecule has 1 N–H and O–H groups in total. The number of benzene rings is 1. The molecule has 6 heteroatoms. The van der Waals surface area contributed by atoms with E-state index in [9.17, 15) is 9.18 Å². The lowest BCUT2D eigenvalue weighted by molar-refractivity contribution is 0.0600. The molecule has 0 aliphatic heterocycles. The van der Waals surface area contributed by atoms with Crippen LogP contribution in [0.25, 0.3) is 0 Å². The number of nitrogens with one attached hydrogen (secondary N) is 1. The van der Waals surface area contributed by atoms with E-state index in [1.165, 1.54) is 19.4 Å². The average molecular weight is 342 g/mol. The molecular formula is C14H13BrFNO3. The second-order valence-electron chi connectivity index (χ2n) is 4.23. The standard InChI is InChI=1S/C14H13BrFNO3/c1-8-3-11(15)12(16)5-13(8)17-6-10-4-9(7-20-10)14(18)19-2/h3-5,7,17H,6H2,1-2H3. The van der Waals surface area contributed by atoms with Gasteiger partial charge in [-0.1, -0.05) is 0 Å². The number of hydrogen-bond donors (Lipinski definition) is 1. The van der Waals surface area contributed by atoms with Crippen molar-refractivity contribution in [2.75, 3.05) is 12.4 Å². The van der Waals surface area contributed by atoms with Crippen molar-refractivity contribution in [2.45, 2.75) is 13.5 Å². The number of carbonyl (C=O) groups is 1. The Morgan fingerprint density at radius 3 is 2.90 bits per heavy atom. The maximum absolute atomic E-state index is 13.5. The van der Waals surface area contributed by atoms with E-state index in [2.05, 4.69) is 26.0 Å². The van der Waals surface area contributed by atoms with Crippen LogP contribution in [-0.2, 0) is 11.3 Å². The highest BCUT2D eigenvalue weighted by molar-refractivity contribution is 9.10. The van der Waals surface area contributed by atoms with Crippen molar-refractivity contribution in [3.8, 4) is 0 Å². The number of aryl methyl sites for hydroxylation is 1. The minimum Gasteiger partial charge on any atom is -0.467 e. The maximum atomic E-state index is 13.5. The molecule has 1 aromatic carbocycles. The van der Waals surface area contributed by atoms with Crippen molar-refractivity contribution < 1.29 is 18.3 Å². The van der Waals surface area contributed by atoms with E-state index in [4.69, 9.17) is 4.42 Å². The van der Waals surface area contributed by atoms with E-state index in [0.29, 0.717) is 28.0 Å². The molecule has 0 saturated heterocycles. The van der Waals surface area contributed by atoms with Crippen molar-refractivity contribution in [2.24, 2.45) is 0 Å². The fourth-order valence-corrected chi connectivity index (χ4v) is 2.18. The number of carbonyl (C=O) groups excluding carboxylic acids is 1. The smallest absolute Gasteiger partial charge is 0.341 e. The molecule has 0 saturated carbocycles. The summed E-state index contributed by atoms with van der Waals surface area (Å²) in [5, 5.41) is 3.06. The zero-order valence-corrected chi connectivity index (χ0v) is 12.6. The minimum atomic E-state index is -0.453. The van der Waals surface area contributed by atoms with Gasteiger partial charge in [-0.15, -0.1) is 0 Å². The van der Waals surface area contributed by atoms with Crippen molar-refractivity contribution in [3.63, 3.8) is 0 Å². The van der Waals surface area contributed by atoms with Crippen molar-refractivity contribution in [1.82, 2.24) is 0 Å². The fraction of sp³-hybridized carbons (Fsp3) is 0.214. The van der Waals surface area contributed by atoms with Crippen LogP contribution in [0.2, 0.25) is 0 Å². The molecule has 0 amide bonds. The molecule has 0 spiro atoms. The van der Waals surface area contributed by atoms with Crippen LogP contribution in [0.4, 0.5) is 10.1 Å². The molecular weight excluding hydrogens is 329 g/mol. The summed E-state index contributed by atoms with van der Waals surface area (Å²) in [7, 11) is 1.31. The summed E-state index contributed by atoms with van der Waals surface area (Å²) >= 11 is 3.13. The van der Waals surface area contributed by atoms with Crippen LogP contribution in [0.1, 0.15) is 21.7 Å². The highest BCUT2D eigenvalue weighted by atomic mass is 79.9. The quantitative estimate of drug-likeness (QED) is 0.857. The molecule has 106 valence electrons. The number of rotatable bonds is 4. The zero-order chi connectivity index (χ0) is 14.7. The molecule has 0 fully saturated rings. The molecule has 0 aliphatic rings. The normalized spacial score (nSPS) is 10.4. The largest absolute Gasteiger partial charge is 0.467 e. The average Bonchev–Trinajstić information content (AvgIpc) is 2.89. The lowest BCUT2D eigenvalue weighted by Crippen LogP contribution is -2.02. The van der Waals surface area contributed by atoms with Gasteiger partial charge in [0, 0.05) is 5.69 Å². The summed E-state index contributed by atoms with van der Waals surface area (Å²) in [6.07, 6.45) is 1.33. The highest BCUT2D eigenvalue weighted by Crippen LogP contribution is 2.24. The first-order valence-electron chi connectivity index (χ1n) is 5.86. The summed E-state index contributed by atoms with van der Waals surface area (Å²) in [5.41, 5.74) is 1.92. The predicted octanol–water partition coefficient (Wildman–Crippen LogP) is 3.89. The number of anilines is 1. The van der Waals surface area contributed by atoms with Gasteiger partial charge in [0.05, 0.1) is 23.7 Å². The van der Waals surface area contributed by atoms with Gasteiger partial charge in [-0.25, -0.2) is 9.18 Å². The number of esters is 1. The molecule has 1 aromatic heterocycles. The molecule has 0 radical (unpaired) electrons. The van der Waals surface area contributed by atoms with Gasteiger partial charge in [0.25, 0.3) is 0 Å². The second kappa shape index (κ2) is 6.09. The van der Waals surface area contributed by atoms with Crippen LogP contribution in [-0.4, -0.2) is 13.1 Å². The fourth-order valence-electron chi connectivity index (χ4n) is 1.72. The molecule has 0 unspecified atom stereocenters. The predicted molar refractivity (Wildman–Crippen MR) is 76.2 cm³/mol. The van der Waals surface area contributed by atoms with E-state index in [1.54, 1.807) is 12.1 Å². The lowest BCUT2D eigenvalue weighted by atomic mass is 10.2. The van der Waals surface area contributed by atoms with E-state index >= 15 is 0 Å². The van der Waals surface area contributed by atoms with Gasteiger partial charge < -0.3 is 14.5 Å². The van der Waals surface area contributed by atoms with Crippen LogP contribution in [0.5, 0.6) is 0 Å². The van der Waals surface area contributed by atoms with Crippen LogP contribution in [0, 0.1) is 12.7 Å². The first kappa shape index (κ1) is 14.6. The Morgan fingerprint density at radius 1 is 1.45 bits per heavy atom. The topological polar surface area (TPSA) is 51.5 Å². The molecule has 20 heavy (non-hydrogen) atoms. The molecule has 0 atom stereocenters. The Balaban J connectivity index is 2.07. The molecule has 1 heterocycles. The first-order chi connectivity index (χ1) is 9.51. The molecule has 2 aromatic rings. The first-order valence-corrected chi connectivity index (χ1v) is 6.66. The third kappa shape index (κ3) is 3.19. The number of methoxy groups -OCH3 is 1. The van der Waals surface area contributed by atoms with Crippen LogP contribution < -0.4 is 5.32 Å². The lowest BCUT2D eigenvalue weighted by Gasteiger charge is -2.09. The zero-order valence-electron chi connectivity index (χ0n) is 11.0. The summed E-state index contributed by atoms with van der Waals surface area (Å²) in [5.74, 6) is -0.230. The summed E-state index contributed by atoms with van der Waals surface area (Å²) < 4.78 is 23.7. The van der Waals surface area contributed by atoms with Gasteiger partial charge in [-0.3, -0.25) is 0 Å². The van der Waals surface area contributed by atoms with Gasteiger partial charge >= 0.3 is 5.97 Å². The maximum Gasteiger partial charge on any atom is 0.341 e. The Labute approximate surface area is 124 Å². The summed E-state index contributed by atoms with van der Waals surface area (Å²) in [6, 6.07) is 4.69. The minimum absolute atomic E-state index is 0.340. The number of ether oxygens (including phenoxy) is 1. The van der Waals surface area contributed by atoms with Gasteiger partial charge in [0.2, 0.25) is 0 Å². The van der Waals surface area contributed by atoms with Gasteiger partial charge in [0.1, 0.15) is 17.8 Å². The molecule has 4 nitrogen and oxygen atoms in total. The SMILES string of the molecule is COC(=O)c1coc(CNc2cc(F)c(Br)cc2C)c1. The van der Waals surface area contributed by atoms with E-state index in [0.717, 1.165) is 5.56 Å². The monoisotopic (exact) mass is 341 g/mol. The van der Waals surface area contributed by atoms with Crippen molar-refractivity contribution in [3.05, 3.63) is 51.6 Å². The van der Waals surface area contributed by atoms with Crippen LogP contribution in [0.3, 0.4) is 0 Å². The Hall–Kier alpha value is -1.82. The summed E-state index contributed by atoms with van der Waals surface area (Å²) in [6.45, 7) is 2.22. The molecule has 2 rings (SSSR count). The van der Waals surface area contributed by atoms with Gasteiger partial charge in [0.15, 0.2) is 0 Å². The summed E-state index contributed by atoms with van der Waals surface area (Å²) in [4.78, 5) is 11.3. The van der Waals surface area contributed by atoms with E-state index < -0.39 is 5.97 Å². The third-order valence-electron chi connectivity index (χ3n) is 2.80.